The summed E-state index contributed by atoms with van der Waals surface area (Å²) in [4.78, 5) is 0. The van der Waals surface area contributed by atoms with Gasteiger partial charge in [0.15, 0.2) is 0 Å². The molecule has 2 aliphatic heterocycles. The smallest absolute Gasteiger partial charge is 0.260 e. The van der Waals surface area contributed by atoms with Gasteiger partial charge < -0.3 is 27.4 Å². The van der Waals surface area contributed by atoms with Gasteiger partial charge in [-0.2, -0.15) is 0 Å². The predicted octanol–water partition coefficient (Wildman–Crippen LogP) is 12.4. The zero-order valence-corrected chi connectivity index (χ0v) is 32.3. The predicted molar refractivity (Wildman–Crippen MR) is 247 cm³/mol. The number of ether oxygens (including phenoxy) is 2. The van der Waals surface area contributed by atoms with E-state index in [1.165, 1.54) is 10.8 Å². The molecule has 15 rings (SSSR count). The molecule has 0 amide bonds. The second kappa shape index (κ2) is 11.3. The molecule has 6 nitrogen and oxygen atoms in total. The van der Waals surface area contributed by atoms with E-state index in [-0.39, 0.29) is 6.71 Å². The van der Waals surface area contributed by atoms with Crippen molar-refractivity contribution in [2.24, 2.45) is 0 Å². The van der Waals surface area contributed by atoms with Crippen LogP contribution in [0.15, 0.2) is 185 Å². The third-order valence-corrected chi connectivity index (χ3v) is 13.2. The monoisotopic (exact) mass is 780 g/mol. The zero-order chi connectivity index (χ0) is 39.5. The summed E-state index contributed by atoms with van der Waals surface area (Å²) in [6.45, 7) is -0.0801. The largest absolute Gasteiger partial charge is 0.458 e. The summed E-state index contributed by atoms with van der Waals surface area (Å²) in [6, 6.07) is 62.1. The molecule has 7 heteroatoms. The van der Waals surface area contributed by atoms with Gasteiger partial charge in [0, 0.05) is 73.1 Å². The standard InChI is InChI=1S/C54H29BN2O4/c1-6-16-41-32(11-1)37-28-38-34-13-4-8-18-45(34)58-48(38)29-44(37)56(41)30-21-23-40-49(25-30)60-51-27-31(26-50-53(51)55(40)39-15-5-10-20-47(39)59-50)57-42-17-7-2-14-36(42)52-43(57)24-22-35-33-12-3-9-19-46(33)61-54(35)52/h1-29H. The number of benzene rings is 9. The molecule has 0 bridgehead atoms. The minimum atomic E-state index is -0.0801. The molecule has 0 spiro atoms. The lowest BCUT2D eigenvalue weighted by molar-refractivity contribution is 0.464. The molecule has 6 heterocycles. The zero-order valence-electron chi connectivity index (χ0n) is 32.3. The fourth-order valence-electron chi connectivity index (χ4n) is 10.7. The average Bonchev–Trinajstić information content (AvgIpc) is 4.05. The van der Waals surface area contributed by atoms with Crippen LogP contribution in [0.3, 0.4) is 0 Å². The van der Waals surface area contributed by atoms with Crippen molar-refractivity contribution in [2.45, 2.75) is 0 Å². The first-order valence-electron chi connectivity index (χ1n) is 20.7. The Morgan fingerprint density at radius 2 is 0.967 bits per heavy atom. The number of aromatic nitrogens is 2. The summed E-state index contributed by atoms with van der Waals surface area (Å²) in [5.74, 6) is 3.23. The van der Waals surface area contributed by atoms with Gasteiger partial charge in [-0.05, 0) is 65.5 Å². The number of hydrogen-bond donors (Lipinski definition) is 0. The maximum absolute atomic E-state index is 7.14. The van der Waals surface area contributed by atoms with Crippen LogP contribution in [0.4, 0.5) is 0 Å². The van der Waals surface area contributed by atoms with E-state index in [1.807, 2.05) is 30.3 Å². The van der Waals surface area contributed by atoms with Gasteiger partial charge in [-0.15, -0.1) is 0 Å². The lowest BCUT2D eigenvalue weighted by Gasteiger charge is -2.33. The van der Waals surface area contributed by atoms with E-state index in [4.69, 9.17) is 18.3 Å². The number of rotatable bonds is 2. The highest BCUT2D eigenvalue weighted by atomic mass is 16.5. The summed E-state index contributed by atoms with van der Waals surface area (Å²) in [5.41, 5.74) is 13.1. The minimum Gasteiger partial charge on any atom is -0.458 e. The second-order valence-electron chi connectivity index (χ2n) is 16.4. The van der Waals surface area contributed by atoms with Crippen molar-refractivity contribution in [1.82, 2.24) is 9.13 Å². The third-order valence-electron chi connectivity index (χ3n) is 13.2. The SMILES string of the molecule is c1ccc2c(c1)Oc1cc(-n3c4ccccc4c4c5oc6ccccc6c5ccc43)cc3c1B2c1ccc(-n2c4ccccc4c4cc5c(cc42)oc2ccccc25)cc1O3. The van der Waals surface area contributed by atoms with E-state index in [9.17, 15) is 0 Å². The van der Waals surface area contributed by atoms with Gasteiger partial charge in [0.2, 0.25) is 0 Å². The lowest BCUT2D eigenvalue weighted by Crippen LogP contribution is -2.57. The molecule has 0 fully saturated rings. The first-order chi connectivity index (χ1) is 30.2. The van der Waals surface area contributed by atoms with Crippen LogP contribution in [0.25, 0.3) is 98.9 Å². The third kappa shape index (κ3) is 4.12. The first kappa shape index (κ1) is 31.8. The molecule has 0 atom stereocenters. The molecule has 0 radical (unpaired) electrons. The summed E-state index contributed by atoms with van der Waals surface area (Å²) in [6.07, 6.45) is 0. The van der Waals surface area contributed by atoms with E-state index in [0.29, 0.717) is 0 Å². The molecule has 13 aromatic rings. The minimum absolute atomic E-state index is 0.0801. The summed E-state index contributed by atoms with van der Waals surface area (Å²) < 4.78 is 31.7. The maximum atomic E-state index is 7.14. The van der Waals surface area contributed by atoms with Crippen molar-refractivity contribution >= 4 is 111 Å². The molecular weight excluding hydrogens is 751 g/mol. The molecule has 0 saturated heterocycles. The molecule has 4 aromatic heterocycles. The number of hydrogen-bond acceptors (Lipinski definition) is 4. The molecule has 0 unspecified atom stereocenters. The number of para-hydroxylation sites is 5. The van der Waals surface area contributed by atoms with E-state index in [0.717, 1.165) is 127 Å². The fourth-order valence-corrected chi connectivity index (χ4v) is 10.7. The van der Waals surface area contributed by atoms with Crippen molar-refractivity contribution in [3.8, 4) is 34.4 Å². The Hall–Kier alpha value is -8.16. The summed E-state index contributed by atoms with van der Waals surface area (Å²) in [5, 5.41) is 9.03. The highest BCUT2D eigenvalue weighted by Crippen LogP contribution is 2.44. The number of furan rings is 2. The van der Waals surface area contributed by atoms with Crippen molar-refractivity contribution in [3.63, 3.8) is 0 Å². The van der Waals surface area contributed by atoms with E-state index < -0.39 is 0 Å². The normalized spacial score (nSPS) is 13.1. The van der Waals surface area contributed by atoms with Gasteiger partial charge in [-0.3, -0.25) is 0 Å². The molecule has 0 N–H and O–H groups in total. The van der Waals surface area contributed by atoms with Crippen LogP contribution in [-0.4, -0.2) is 15.8 Å². The Labute approximate surface area is 347 Å². The summed E-state index contributed by atoms with van der Waals surface area (Å²) in [7, 11) is 0. The molecule has 61 heavy (non-hydrogen) atoms. The van der Waals surface area contributed by atoms with E-state index >= 15 is 0 Å². The quantitative estimate of drug-likeness (QED) is 0.164. The van der Waals surface area contributed by atoms with Crippen LogP contribution in [0, 0.1) is 0 Å². The van der Waals surface area contributed by atoms with Crippen LogP contribution < -0.4 is 25.9 Å². The highest BCUT2D eigenvalue weighted by Gasteiger charge is 2.41. The van der Waals surface area contributed by atoms with Gasteiger partial charge in [0.1, 0.15) is 45.3 Å². The van der Waals surface area contributed by atoms with Gasteiger partial charge in [-0.1, -0.05) is 97.1 Å². The molecular formula is C54H29BN2O4. The Balaban J connectivity index is 0.959. The fraction of sp³-hybridized carbons (Fsp3) is 0. The maximum Gasteiger partial charge on any atom is 0.260 e. The Kier molecular flexibility index (Phi) is 5.90. The number of fused-ring (bicyclic) bond motifs is 17. The van der Waals surface area contributed by atoms with Crippen molar-refractivity contribution in [2.75, 3.05) is 0 Å². The molecule has 0 aliphatic carbocycles. The first-order valence-corrected chi connectivity index (χ1v) is 20.7. The van der Waals surface area contributed by atoms with Gasteiger partial charge in [0.25, 0.3) is 6.71 Å². The van der Waals surface area contributed by atoms with Crippen LogP contribution in [0.2, 0.25) is 0 Å². The van der Waals surface area contributed by atoms with E-state index in [1.54, 1.807) is 0 Å². The van der Waals surface area contributed by atoms with Crippen LogP contribution in [-0.2, 0) is 0 Å². The van der Waals surface area contributed by atoms with Crippen molar-refractivity contribution in [3.05, 3.63) is 176 Å². The average molecular weight is 781 g/mol. The Bertz CT molecular complexity index is 4090. The van der Waals surface area contributed by atoms with Gasteiger partial charge >= 0.3 is 0 Å². The van der Waals surface area contributed by atoms with Crippen LogP contribution in [0.1, 0.15) is 0 Å². The Morgan fingerprint density at radius 3 is 1.80 bits per heavy atom. The topological polar surface area (TPSA) is 54.6 Å². The van der Waals surface area contributed by atoms with Gasteiger partial charge in [0.05, 0.1) is 33.1 Å². The second-order valence-corrected chi connectivity index (χ2v) is 16.4. The molecule has 282 valence electrons. The Morgan fingerprint density at radius 1 is 0.344 bits per heavy atom. The van der Waals surface area contributed by atoms with E-state index in [2.05, 4.69) is 155 Å². The molecule has 2 aliphatic rings. The van der Waals surface area contributed by atoms with Crippen molar-refractivity contribution < 1.29 is 18.3 Å². The number of nitrogens with zero attached hydrogens (tertiary/aromatic N) is 2. The summed E-state index contributed by atoms with van der Waals surface area (Å²) >= 11 is 0. The molecule has 0 saturated carbocycles. The van der Waals surface area contributed by atoms with Crippen LogP contribution in [0.5, 0.6) is 23.0 Å². The van der Waals surface area contributed by atoms with Crippen molar-refractivity contribution in [1.29, 1.82) is 0 Å². The van der Waals surface area contributed by atoms with Gasteiger partial charge in [-0.25, -0.2) is 0 Å². The van der Waals surface area contributed by atoms with Crippen LogP contribution >= 0.6 is 0 Å². The molecule has 9 aromatic carbocycles. The highest BCUT2D eigenvalue weighted by molar-refractivity contribution is 6.98. The lowest BCUT2D eigenvalue weighted by atomic mass is 9.35.